The van der Waals surface area contributed by atoms with E-state index in [0.29, 0.717) is 6.04 Å². The van der Waals surface area contributed by atoms with Crippen LogP contribution in [0.4, 0.5) is 0 Å². The van der Waals surface area contributed by atoms with Crippen molar-refractivity contribution in [3.05, 3.63) is 35.9 Å². The third-order valence-electron chi connectivity index (χ3n) is 4.39. The molecule has 1 aromatic rings. The van der Waals surface area contributed by atoms with Crippen LogP contribution in [0.15, 0.2) is 30.3 Å². The van der Waals surface area contributed by atoms with Crippen molar-refractivity contribution in [2.24, 2.45) is 0 Å². The van der Waals surface area contributed by atoms with Gasteiger partial charge in [-0.05, 0) is 57.8 Å². The smallest absolute Gasteiger partial charge is 0.0431 e. The number of aliphatic hydroxyl groups is 1. The summed E-state index contributed by atoms with van der Waals surface area (Å²) in [5.41, 5.74) is 1.33. The van der Waals surface area contributed by atoms with Crippen LogP contribution in [-0.2, 0) is 0 Å². The third-order valence-corrected chi connectivity index (χ3v) is 4.39. The van der Waals surface area contributed by atoms with Gasteiger partial charge < -0.3 is 15.3 Å². The molecule has 1 aromatic carbocycles. The lowest BCUT2D eigenvalue weighted by Gasteiger charge is -2.23. The van der Waals surface area contributed by atoms with Gasteiger partial charge in [0.25, 0.3) is 0 Å². The van der Waals surface area contributed by atoms with Crippen LogP contribution < -0.4 is 5.32 Å². The highest BCUT2D eigenvalue weighted by Gasteiger charge is 2.20. The Hall–Kier alpha value is -0.900. The molecule has 2 atom stereocenters. The Kier molecular flexibility index (Phi) is 6.51. The van der Waals surface area contributed by atoms with E-state index in [2.05, 4.69) is 47.6 Å². The van der Waals surface area contributed by atoms with E-state index < -0.39 is 0 Å². The number of hydrogen-bond acceptors (Lipinski definition) is 3. The second kappa shape index (κ2) is 8.40. The summed E-state index contributed by atoms with van der Waals surface area (Å²) in [6, 6.07) is 11.7. The van der Waals surface area contributed by atoms with Crippen LogP contribution in [0.2, 0.25) is 0 Å². The minimum atomic E-state index is 0.274. The number of hydrogen-bond donors (Lipinski definition) is 2. The lowest BCUT2D eigenvalue weighted by atomic mass is 10.0. The molecule has 1 saturated heterocycles. The summed E-state index contributed by atoms with van der Waals surface area (Å²) in [4.78, 5) is 2.48. The Bertz CT molecular complexity index is 369. The summed E-state index contributed by atoms with van der Waals surface area (Å²) < 4.78 is 0. The number of likely N-dealkylation sites (tertiary alicyclic amines) is 1. The predicted octanol–water partition coefficient (Wildman–Crippen LogP) is 2.57. The van der Waals surface area contributed by atoms with Crippen molar-refractivity contribution in [2.45, 2.75) is 44.2 Å². The Balaban J connectivity index is 1.81. The van der Waals surface area contributed by atoms with Crippen molar-refractivity contribution in [1.82, 2.24) is 10.2 Å². The lowest BCUT2D eigenvalue weighted by Crippen LogP contribution is -2.30. The highest BCUT2D eigenvalue weighted by molar-refractivity contribution is 5.18. The zero-order valence-corrected chi connectivity index (χ0v) is 12.6. The molecular weight excluding hydrogens is 248 g/mol. The van der Waals surface area contributed by atoms with Crippen LogP contribution in [0.25, 0.3) is 0 Å². The van der Waals surface area contributed by atoms with Gasteiger partial charge in [-0.1, -0.05) is 30.3 Å². The van der Waals surface area contributed by atoms with Crippen LogP contribution in [0.1, 0.15) is 43.7 Å². The number of nitrogens with one attached hydrogen (secondary N) is 1. The van der Waals surface area contributed by atoms with Crippen molar-refractivity contribution in [3.8, 4) is 0 Å². The van der Waals surface area contributed by atoms with Gasteiger partial charge in [0.2, 0.25) is 0 Å². The van der Waals surface area contributed by atoms with Gasteiger partial charge in [0, 0.05) is 18.7 Å². The van der Waals surface area contributed by atoms with E-state index >= 15 is 0 Å². The fraction of sp³-hybridized carbons (Fsp3) is 0.647. The molecular formula is C17H28N2O. The molecule has 0 aliphatic carbocycles. The maximum atomic E-state index is 9.06. The van der Waals surface area contributed by atoms with Crippen molar-refractivity contribution in [1.29, 1.82) is 0 Å². The summed E-state index contributed by atoms with van der Waals surface area (Å²) >= 11 is 0. The SMILES string of the molecule is CN1CCCC1CCNC(CCCO)c1ccccc1. The van der Waals surface area contributed by atoms with E-state index in [1.54, 1.807) is 0 Å². The molecule has 2 unspecified atom stereocenters. The van der Waals surface area contributed by atoms with E-state index in [9.17, 15) is 0 Å². The normalized spacial score (nSPS) is 21.2. The molecule has 0 aromatic heterocycles. The van der Waals surface area contributed by atoms with Crippen LogP contribution in [0.5, 0.6) is 0 Å². The van der Waals surface area contributed by atoms with Gasteiger partial charge in [0.05, 0.1) is 0 Å². The van der Waals surface area contributed by atoms with E-state index in [1.165, 1.54) is 31.4 Å². The number of nitrogens with zero attached hydrogens (tertiary/aromatic N) is 1. The summed E-state index contributed by atoms with van der Waals surface area (Å²) in [6.07, 6.45) is 5.76. The summed E-state index contributed by atoms with van der Waals surface area (Å²) in [6.45, 7) is 2.58. The Labute approximate surface area is 123 Å². The fourth-order valence-electron chi connectivity index (χ4n) is 3.14. The zero-order valence-electron chi connectivity index (χ0n) is 12.6. The Morgan fingerprint density at radius 2 is 2.15 bits per heavy atom. The van der Waals surface area contributed by atoms with E-state index in [1.807, 2.05) is 0 Å². The van der Waals surface area contributed by atoms with E-state index in [4.69, 9.17) is 5.11 Å². The predicted molar refractivity (Wildman–Crippen MR) is 83.8 cm³/mol. The minimum Gasteiger partial charge on any atom is -0.396 e. The van der Waals surface area contributed by atoms with Crippen LogP contribution in [0.3, 0.4) is 0 Å². The molecule has 1 heterocycles. The average molecular weight is 276 g/mol. The largest absolute Gasteiger partial charge is 0.396 e. The van der Waals surface area contributed by atoms with Crippen LogP contribution in [-0.4, -0.2) is 42.8 Å². The minimum absolute atomic E-state index is 0.274. The molecule has 3 nitrogen and oxygen atoms in total. The molecule has 2 N–H and O–H groups in total. The second-order valence-corrected chi connectivity index (χ2v) is 5.85. The number of rotatable bonds is 8. The topological polar surface area (TPSA) is 35.5 Å². The summed E-state index contributed by atoms with van der Waals surface area (Å²) in [7, 11) is 2.23. The molecule has 2 rings (SSSR count). The molecule has 3 heteroatoms. The Morgan fingerprint density at radius 3 is 2.80 bits per heavy atom. The highest BCUT2D eigenvalue weighted by atomic mass is 16.2. The van der Waals surface area contributed by atoms with Gasteiger partial charge in [0.15, 0.2) is 0 Å². The first kappa shape index (κ1) is 15.5. The summed E-state index contributed by atoms with van der Waals surface area (Å²) in [5.74, 6) is 0. The number of benzene rings is 1. The first-order chi connectivity index (χ1) is 9.81. The molecule has 20 heavy (non-hydrogen) atoms. The molecule has 112 valence electrons. The van der Waals surface area contributed by atoms with Crippen molar-refractivity contribution < 1.29 is 5.11 Å². The zero-order chi connectivity index (χ0) is 14.2. The van der Waals surface area contributed by atoms with E-state index in [-0.39, 0.29) is 6.61 Å². The summed E-state index contributed by atoms with van der Waals surface area (Å²) in [5, 5.41) is 12.7. The molecule has 0 bridgehead atoms. The monoisotopic (exact) mass is 276 g/mol. The van der Waals surface area contributed by atoms with Gasteiger partial charge in [-0.25, -0.2) is 0 Å². The molecule has 0 saturated carbocycles. The van der Waals surface area contributed by atoms with Crippen LogP contribution in [0, 0.1) is 0 Å². The van der Waals surface area contributed by atoms with Crippen molar-refractivity contribution in [3.63, 3.8) is 0 Å². The second-order valence-electron chi connectivity index (χ2n) is 5.85. The Morgan fingerprint density at radius 1 is 1.35 bits per heavy atom. The van der Waals surface area contributed by atoms with E-state index in [0.717, 1.165) is 25.4 Å². The van der Waals surface area contributed by atoms with Gasteiger partial charge in [-0.2, -0.15) is 0 Å². The third kappa shape index (κ3) is 4.58. The first-order valence-electron chi connectivity index (χ1n) is 7.90. The average Bonchev–Trinajstić information content (AvgIpc) is 2.89. The van der Waals surface area contributed by atoms with Gasteiger partial charge in [-0.3, -0.25) is 0 Å². The van der Waals surface area contributed by atoms with Crippen LogP contribution >= 0.6 is 0 Å². The highest BCUT2D eigenvalue weighted by Crippen LogP contribution is 2.20. The maximum absolute atomic E-state index is 9.06. The molecule has 1 aliphatic heterocycles. The fourth-order valence-corrected chi connectivity index (χ4v) is 3.14. The standard InChI is InChI=1S/C17H28N2O/c1-19-13-5-9-16(19)11-12-18-17(10-6-14-20)15-7-3-2-4-8-15/h2-4,7-8,16-18,20H,5-6,9-14H2,1H3. The van der Waals surface area contributed by atoms with Gasteiger partial charge in [0.1, 0.15) is 0 Å². The first-order valence-corrected chi connectivity index (χ1v) is 7.90. The van der Waals surface area contributed by atoms with Crippen molar-refractivity contribution >= 4 is 0 Å². The van der Waals surface area contributed by atoms with Gasteiger partial charge >= 0.3 is 0 Å². The molecule has 0 spiro atoms. The number of aliphatic hydroxyl groups excluding tert-OH is 1. The molecule has 1 fully saturated rings. The molecule has 1 aliphatic rings. The van der Waals surface area contributed by atoms with Gasteiger partial charge in [-0.15, -0.1) is 0 Å². The van der Waals surface area contributed by atoms with Crippen molar-refractivity contribution in [2.75, 3.05) is 26.7 Å². The molecule has 0 amide bonds. The lowest BCUT2D eigenvalue weighted by molar-refractivity contribution is 0.269. The molecule has 0 radical (unpaired) electrons. The maximum Gasteiger partial charge on any atom is 0.0431 e. The quantitative estimate of drug-likeness (QED) is 0.766.